The number of carbonyl (C=O) groups is 1. The summed E-state index contributed by atoms with van der Waals surface area (Å²) in [6, 6.07) is 17.8. The molecule has 1 heterocycles. The van der Waals surface area contributed by atoms with Crippen LogP contribution >= 0.6 is 23.4 Å². The Kier molecular flexibility index (Phi) is 6.90. The van der Waals surface area contributed by atoms with Crippen molar-refractivity contribution in [3.8, 4) is 11.4 Å². The molecule has 2 N–H and O–H groups in total. The monoisotopic (exact) mass is 400 g/mol. The number of halogens is 1. The average Bonchev–Trinajstić information content (AvgIpc) is 3.15. The highest BCUT2D eigenvalue weighted by Crippen LogP contribution is 2.25. The van der Waals surface area contributed by atoms with Crippen LogP contribution < -0.4 is 5.32 Å². The van der Waals surface area contributed by atoms with Gasteiger partial charge in [-0.05, 0) is 37.5 Å². The normalized spacial score (nSPS) is 11.9. The minimum Gasteiger partial charge on any atom is -0.353 e. The van der Waals surface area contributed by atoms with Gasteiger partial charge in [0.1, 0.15) is 0 Å². The van der Waals surface area contributed by atoms with Crippen molar-refractivity contribution < 1.29 is 4.79 Å². The summed E-state index contributed by atoms with van der Waals surface area (Å²) in [5.74, 6) is 0.847. The number of aromatic amines is 1. The van der Waals surface area contributed by atoms with E-state index in [1.54, 1.807) is 6.07 Å². The molecular formula is C20H21ClN4OS. The highest BCUT2D eigenvalue weighted by molar-refractivity contribution is 7.99. The van der Waals surface area contributed by atoms with Gasteiger partial charge < -0.3 is 5.32 Å². The molecule has 2 aromatic carbocycles. The van der Waals surface area contributed by atoms with Crippen LogP contribution in [0.1, 0.15) is 18.9 Å². The van der Waals surface area contributed by atoms with Gasteiger partial charge in [-0.15, -0.1) is 5.10 Å². The highest BCUT2D eigenvalue weighted by atomic mass is 35.5. The maximum Gasteiger partial charge on any atom is 0.230 e. The zero-order valence-corrected chi connectivity index (χ0v) is 16.6. The molecule has 0 aliphatic heterocycles. The van der Waals surface area contributed by atoms with Gasteiger partial charge in [-0.3, -0.25) is 9.89 Å². The number of hydrogen-bond donors (Lipinski definition) is 2. The lowest BCUT2D eigenvalue weighted by atomic mass is 10.1. The number of hydrogen-bond acceptors (Lipinski definition) is 4. The topological polar surface area (TPSA) is 70.7 Å². The number of nitrogens with one attached hydrogen (secondary N) is 2. The molecule has 0 fully saturated rings. The number of amides is 1. The van der Waals surface area contributed by atoms with E-state index in [0.29, 0.717) is 16.0 Å². The fourth-order valence-electron chi connectivity index (χ4n) is 2.63. The summed E-state index contributed by atoms with van der Waals surface area (Å²) in [5.41, 5.74) is 2.07. The minimum absolute atomic E-state index is 0.0235. The van der Waals surface area contributed by atoms with Gasteiger partial charge >= 0.3 is 0 Å². The fourth-order valence-corrected chi connectivity index (χ4v) is 3.47. The maximum atomic E-state index is 12.2. The largest absolute Gasteiger partial charge is 0.353 e. The number of nitrogens with zero attached hydrogens (tertiary/aromatic N) is 2. The third-order valence-corrected chi connectivity index (χ3v) is 5.22. The van der Waals surface area contributed by atoms with Crippen LogP contribution in [0.2, 0.25) is 5.02 Å². The van der Waals surface area contributed by atoms with Crippen LogP contribution in [0.5, 0.6) is 0 Å². The summed E-state index contributed by atoms with van der Waals surface area (Å²) < 4.78 is 0. The zero-order valence-electron chi connectivity index (χ0n) is 15.0. The van der Waals surface area contributed by atoms with Gasteiger partial charge in [0.05, 0.1) is 10.8 Å². The van der Waals surface area contributed by atoms with Crippen LogP contribution in [0.15, 0.2) is 59.8 Å². The van der Waals surface area contributed by atoms with E-state index in [9.17, 15) is 4.79 Å². The van der Waals surface area contributed by atoms with Gasteiger partial charge in [-0.1, -0.05) is 65.8 Å². The highest BCUT2D eigenvalue weighted by Gasteiger charge is 2.12. The number of thioether (sulfide) groups is 1. The van der Waals surface area contributed by atoms with E-state index in [-0.39, 0.29) is 17.7 Å². The predicted molar refractivity (Wildman–Crippen MR) is 110 cm³/mol. The molecular weight excluding hydrogens is 380 g/mol. The number of aryl methyl sites for hydroxylation is 1. The number of rotatable bonds is 8. The minimum atomic E-state index is -0.0235. The van der Waals surface area contributed by atoms with Gasteiger partial charge in [0.2, 0.25) is 11.1 Å². The average molecular weight is 401 g/mol. The van der Waals surface area contributed by atoms with Gasteiger partial charge in [-0.25, -0.2) is 4.98 Å². The van der Waals surface area contributed by atoms with Crippen LogP contribution in [0.25, 0.3) is 11.4 Å². The zero-order chi connectivity index (χ0) is 19.1. The Morgan fingerprint density at radius 3 is 2.70 bits per heavy atom. The van der Waals surface area contributed by atoms with Crippen LogP contribution in [0.3, 0.4) is 0 Å². The van der Waals surface area contributed by atoms with E-state index >= 15 is 0 Å². The smallest absolute Gasteiger partial charge is 0.230 e. The summed E-state index contributed by atoms with van der Waals surface area (Å²) in [6.07, 6.45) is 1.84. The van der Waals surface area contributed by atoms with E-state index in [1.807, 2.05) is 43.3 Å². The number of H-pyrrole nitrogens is 1. The van der Waals surface area contributed by atoms with Gasteiger partial charge in [0, 0.05) is 11.6 Å². The lowest BCUT2D eigenvalue weighted by Gasteiger charge is -2.13. The standard InChI is InChI=1S/C20H21ClN4OS/c1-14(11-12-15-7-3-2-4-8-15)22-18(26)13-27-20-23-19(24-25-20)16-9-5-6-10-17(16)21/h2-10,14H,11-13H2,1H3,(H,22,26)(H,23,24,25)/t14-/m1/s1. The molecule has 140 valence electrons. The number of carbonyl (C=O) groups excluding carboxylic acids is 1. The molecule has 3 rings (SSSR count). The van der Waals surface area contributed by atoms with Gasteiger partial charge in [-0.2, -0.15) is 0 Å². The first-order valence-electron chi connectivity index (χ1n) is 8.75. The van der Waals surface area contributed by atoms with Crippen molar-refractivity contribution in [3.05, 3.63) is 65.2 Å². The van der Waals surface area contributed by atoms with E-state index in [1.165, 1.54) is 17.3 Å². The molecule has 1 aromatic heterocycles. The van der Waals surface area contributed by atoms with Crippen molar-refractivity contribution in [1.29, 1.82) is 0 Å². The molecule has 0 spiro atoms. The van der Waals surface area contributed by atoms with Gasteiger partial charge in [0.25, 0.3) is 0 Å². The molecule has 3 aromatic rings. The molecule has 1 amide bonds. The van der Waals surface area contributed by atoms with Crippen molar-refractivity contribution in [2.45, 2.75) is 31.0 Å². The number of aromatic nitrogens is 3. The Hall–Kier alpha value is -2.31. The molecule has 0 radical (unpaired) electrons. The van der Waals surface area contributed by atoms with Crippen molar-refractivity contribution in [2.75, 3.05) is 5.75 Å². The summed E-state index contributed by atoms with van der Waals surface area (Å²) in [6.45, 7) is 2.02. The third kappa shape index (κ3) is 5.84. The second kappa shape index (κ2) is 9.58. The van der Waals surface area contributed by atoms with Crippen molar-refractivity contribution >= 4 is 29.3 Å². The van der Waals surface area contributed by atoms with Crippen molar-refractivity contribution in [1.82, 2.24) is 20.5 Å². The molecule has 0 saturated heterocycles. The van der Waals surface area contributed by atoms with Crippen molar-refractivity contribution in [2.24, 2.45) is 0 Å². The Labute approximate surface area is 167 Å². The molecule has 7 heteroatoms. The Balaban J connectivity index is 1.45. The van der Waals surface area contributed by atoms with E-state index in [2.05, 4.69) is 32.6 Å². The molecule has 27 heavy (non-hydrogen) atoms. The summed E-state index contributed by atoms with van der Waals surface area (Å²) >= 11 is 7.47. The molecule has 0 saturated carbocycles. The lowest BCUT2D eigenvalue weighted by molar-refractivity contribution is -0.119. The first kappa shape index (κ1) is 19.5. The quantitative estimate of drug-likeness (QED) is 0.551. The van der Waals surface area contributed by atoms with E-state index in [4.69, 9.17) is 11.6 Å². The summed E-state index contributed by atoms with van der Waals surface area (Å²) in [4.78, 5) is 16.6. The van der Waals surface area contributed by atoms with Crippen LogP contribution in [0, 0.1) is 0 Å². The Bertz CT molecular complexity index is 884. The molecule has 0 unspecified atom stereocenters. The molecule has 0 aliphatic carbocycles. The summed E-state index contributed by atoms with van der Waals surface area (Å²) in [5, 5.41) is 11.2. The maximum absolute atomic E-state index is 12.2. The fraction of sp³-hybridized carbons (Fsp3) is 0.250. The van der Waals surface area contributed by atoms with Crippen molar-refractivity contribution in [3.63, 3.8) is 0 Å². The van der Waals surface area contributed by atoms with E-state index < -0.39 is 0 Å². The van der Waals surface area contributed by atoms with E-state index in [0.717, 1.165) is 18.4 Å². The molecule has 5 nitrogen and oxygen atoms in total. The molecule has 0 aliphatic rings. The first-order valence-corrected chi connectivity index (χ1v) is 10.1. The lowest BCUT2D eigenvalue weighted by Crippen LogP contribution is -2.34. The Morgan fingerprint density at radius 2 is 1.93 bits per heavy atom. The second-order valence-corrected chi connectivity index (χ2v) is 7.58. The summed E-state index contributed by atoms with van der Waals surface area (Å²) in [7, 11) is 0. The predicted octanol–water partition coefficient (Wildman–Crippen LogP) is 4.35. The SMILES string of the molecule is C[C@H](CCc1ccccc1)NC(=O)CSc1n[nH]c(-c2ccccc2Cl)n1. The van der Waals surface area contributed by atoms with Crippen LogP contribution in [0.4, 0.5) is 0 Å². The molecule has 1 atom stereocenters. The third-order valence-electron chi connectivity index (χ3n) is 4.04. The first-order chi connectivity index (χ1) is 13.1. The van der Waals surface area contributed by atoms with Crippen LogP contribution in [-0.4, -0.2) is 32.9 Å². The Morgan fingerprint density at radius 1 is 1.19 bits per heavy atom. The van der Waals surface area contributed by atoms with Crippen LogP contribution in [-0.2, 0) is 11.2 Å². The number of benzene rings is 2. The second-order valence-electron chi connectivity index (χ2n) is 6.23. The van der Waals surface area contributed by atoms with Gasteiger partial charge in [0.15, 0.2) is 5.82 Å². The molecule has 0 bridgehead atoms.